The fraction of sp³-hybridized carbons (Fsp3) is 0.241. The lowest BCUT2D eigenvalue weighted by Crippen LogP contribution is -2.32. The Morgan fingerprint density at radius 3 is 2.53 bits per heavy atom. The van der Waals surface area contributed by atoms with Crippen LogP contribution in [0.4, 0.5) is 5.69 Å². The molecule has 0 bridgehead atoms. The maximum absolute atomic E-state index is 13.6. The minimum absolute atomic E-state index is 0.196. The molecule has 3 aromatic rings. The van der Waals surface area contributed by atoms with Gasteiger partial charge in [-0.2, -0.15) is 0 Å². The van der Waals surface area contributed by atoms with E-state index in [0.717, 1.165) is 33.5 Å². The molecule has 0 N–H and O–H groups in total. The van der Waals surface area contributed by atoms with E-state index < -0.39 is 0 Å². The molecule has 36 heavy (non-hydrogen) atoms. The number of carbonyl (C=O) groups is 1. The molecule has 1 amide bonds. The van der Waals surface area contributed by atoms with Gasteiger partial charge in [0.1, 0.15) is 17.3 Å². The summed E-state index contributed by atoms with van der Waals surface area (Å²) in [4.78, 5) is 20.0. The lowest BCUT2D eigenvalue weighted by molar-refractivity contribution is -0.113. The van der Waals surface area contributed by atoms with Crippen LogP contribution in [0.3, 0.4) is 0 Å². The van der Waals surface area contributed by atoms with Gasteiger partial charge in [-0.3, -0.25) is 9.69 Å². The SMILES string of the molecule is CCCCCCOc1ccc(N2C(=O)C(=Cc3ccc4c(c3)OCO4)N=C2c2ccc(Br)cc2)cc1. The average molecular weight is 547 g/mol. The maximum Gasteiger partial charge on any atom is 0.282 e. The van der Waals surface area contributed by atoms with Crippen LogP contribution in [0, 0.1) is 0 Å². The number of benzene rings is 3. The number of halogens is 1. The predicted molar refractivity (Wildman–Crippen MR) is 145 cm³/mol. The van der Waals surface area contributed by atoms with E-state index in [1.807, 2.05) is 66.7 Å². The quantitative estimate of drug-likeness (QED) is 0.215. The molecule has 184 valence electrons. The first kappa shape index (κ1) is 24.1. The van der Waals surface area contributed by atoms with Crippen LogP contribution in [-0.2, 0) is 4.79 Å². The number of rotatable bonds is 9. The van der Waals surface area contributed by atoms with Crippen molar-refractivity contribution in [1.82, 2.24) is 0 Å². The van der Waals surface area contributed by atoms with Gasteiger partial charge >= 0.3 is 0 Å². The van der Waals surface area contributed by atoms with Crippen molar-refractivity contribution < 1.29 is 19.0 Å². The summed E-state index contributed by atoms with van der Waals surface area (Å²) in [5, 5.41) is 0. The molecule has 0 spiro atoms. The summed E-state index contributed by atoms with van der Waals surface area (Å²) in [6, 6.07) is 21.0. The zero-order chi connectivity index (χ0) is 24.9. The van der Waals surface area contributed by atoms with Crippen LogP contribution in [0.2, 0.25) is 0 Å². The number of aliphatic imine (C=N–C) groups is 1. The zero-order valence-corrected chi connectivity index (χ0v) is 21.7. The molecular formula is C29H27BrN2O4. The van der Waals surface area contributed by atoms with Gasteiger partial charge in [-0.25, -0.2) is 4.99 Å². The molecule has 7 heteroatoms. The third-order valence-corrected chi connectivity index (χ3v) is 6.55. The minimum atomic E-state index is -0.196. The number of nitrogens with zero attached hydrogens (tertiary/aromatic N) is 2. The van der Waals surface area contributed by atoms with Gasteiger partial charge in [0.25, 0.3) is 5.91 Å². The van der Waals surface area contributed by atoms with E-state index in [1.54, 1.807) is 11.0 Å². The van der Waals surface area contributed by atoms with Gasteiger partial charge in [0.05, 0.1) is 12.3 Å². The largest absolute Gasteiger partial charge is 0.494 e. The van der Waals surface area contributed by atoms with E-state index in [-0.39, 0.29) is 12.7 Å². The Morgan fingerprint density at radius 1 is 0.972 bits per heavy atom. The third-order valence-electron chi connectivity index (χ3n) is 6.02. The van der Waals surface area contributed by atoms with Crippen molar-refractivity contribution in [2.24, 2.45) is 4.99 Å². The lowest BCUT2D eigenvalue weighted by Gasteiger charge is -2.19. The van der Waals surface area contributed by atoms with E-state index >= 15 is 0 Å². The molecule has 5 rings (SSSR count). The molecule has 0 unspecified atom stereocenters. The molecule has 0 saturated heterocycles. The Bertz CT molecular complexity index is 1300. The van der Waals surface area contributed by atoms with Gasteiger partial charge in [0.2, 0.25) is 6.79 Å². The number of unbranched alkanes of at least 4 members (excludes halogenated alkanes) is 3. The molecule has 2 aliphatic rings. The summed E-state index contributed by atoms with van der Waals surface area (Å²) in [7, 11) is 0. The summed E-state index contributed by atoms with van der Waals surface area (Å²) in [5.41, 5.74) is 2.74. The number of anilines is 1. The number of fused-ring (bicyclic) bond motifs is 1. The van der Waals surface area contributed by atoms with Crippen molar-refractivity contribution in [3.8, 4) is 17.2 Å². The second-order valence-electron chi connectivity index (χ2n) is 8.63. The minimum Gasteiger partial charge on any atom is -0.494 e. The fourth-order valence-electron chi connectivity index (χ4n) is 4.12. The van der Waals surface area contributed by atoms with Crippen LogP contribution < -0.4 is 19.1 Å². The second-order valence-corrected chi connectivity index (χ2v) is 9.54. The van der Waals surface area contributed by atoms with Gasteiger partial charge in [-0.15, -0.1) is 0 Å². The summed E-state index contributed by atoms with van der Waals surface area (Å²) in [6.45, 7) is 3.09. The monoisotopic (exact) mass is 546 g/mol. The van der Waals surface area contributed by atoms with Gasteiger partial charge in [0.15, 0.2) is 11.5 Å². The first-order valence-electron chi connectivity index (χ1n) is 12.2. The fourth-order valence-corrected chi connectivity index (χ4v) is 4.38. The topological polar surface area (TPSA) is 60.4 Å². The molecule has 0 fully saturated rings. The molecule has 0 aliphatic carbocycles. The summed E-state index contributed by atoms with van der Waals surface area (Å²) in [5.74, 6) is 2.53. The van der Waals surface area contributed by atoms with E-state index in [1.165, 1.54) is 19.3 Å². The Balaban J connectivity index is 1.42. The van der Waals surface area contributed by atoms with Gasteiger partial charge in [-0.05, 0) is 66.6 Å². The van der Waals surface area contributed by atoms with Gasteiger partial charge in [0, 0.05) is 10.0 Å². The van der Waals surface area contributed by atoms with Crippen molar-refractivity contribution in [2.75, 3.05) is 18.3 Å². The molecular weight excluding hydrogens is 520 g/mol. The standard InChI is InChI=1S/C29H27BrN2O4/c1-2-3-4-5-16-34-24-13-11-23(12-14-24)32-28(21-7-9-22(30)10-8-21)31-25(29(32)33)17-20-6-15-26-27(18-20)36-19-35-26/h6-15,17-18H,2-5,16,19H2,1H3. The van der Waals surface area contributed by atoms with Crippen LogP contribution in [0.5, 0.6) is 17.2 Å². The Hall–Kier alpha value is -3.58. The van der Waals surface area contributed by atoms with Crippen molar-refractivity contribution in [3.05, 3.63) is 88.0 Å². The van der Waals surface area contributed by atoms with E-state index in [9.17, 15) is 4.79 Å². The Labute approximate surface area is 219 Å². The summed E-state index contributed by atoms with van der Waals surface area (Å²) in [6.07, 6.45) is 6.40. The van der Waals surface area contributed by atoms with Crippen molar-refractivity contribution in [2.45, 2.75) is 32.6 Å². The number of carbonyl (C=O) groups excluding carboxylic acids is 1. The molecule has 2 aliphatic heterocycles. The van der Waals surface area contributed by atoms with Crippen molar-refractivity contribution in [3.63, 3.8) is 0 Å². The smallest absolute Gasteiger partial charge is 0.282 e. The highest BCUT2D eigenvalue weighted by Crippen LogP contribution is 2.34. The number of amidine groups is 1. The lowest BCUT2D eigenvalue weighted by atomic mass is 10.1. The number of ether oxygens (including phenoxy) is 3. The Morgan fingerprint density at radius 2 is 1.75 bits per heavy atom. The number of hydrogen-bond acceptors (Lipinski definition) is 5. The number of hydrogen-bond donors (Lipinski definition) is 0. The normalized spacial score (nSPS) is 15.5. The molecule has 0 aromatic heterocycles. The molecule has 6 nitrogen and oxygen atoms in total. The zero-order valence-electron chi connectivity index (χ0n) is 20.1. The van der Waals surface area contributed by atoms with Crippen molar-refractivity contribution >= 4 is 39.4 Å². The highest BCUT2D eigenvalue weighted by molar-refractivity contribution is 9.10. The first-order valence-corrected chi connectivity index (χ1v) is 12.9. The average Bonchev–Trinajstić information content (AvgIpc) is 3.49. The van der Waals surface area contributed by atoms with Crippen LogP contribution in [0.1, 0.15) is 43.7 Å². The van der Waals surface area contributed by atoms with E-state index in [2.05, 4.69) is 22.9 Å². The van der Waals surface area contributed by atoms with Crippen LogP contribution >= 0.6 is 15.9 Å². The number of amides is 1. The highest BCUT2D eigenvalue weighted by Gasteiger charge is 2.32. The van der Waals surface area contributed by atoms with Crippen LogP contribution in [-0.4, -0.2) is 25.1 Å². The maximum atomic E-state index is 13.6. The molecule has 0 saturated carbocycles. The molecule has 0 radical (unpaired) electrons. The third kappa shape index (κ3) is 5.31. The molecule has 0 atom stereocenters. The second kappa shape index (κ2) is 11.0. The van der Waals surface area contributed by atoms with Gasteiger partial charge in [-0.1, -0.05) is 60.3 Å². The van der Waals surface area contributed by atoms with Crippen molar-refractivity contribution in [1.29, 1.82) is 0 Å². The summed E-state index contributed by atoms with van der Waals surface area (Å²) < 4.78 is 17.7. The van der Waals surface area contributed by atoms with Gasteiger partial charge < -0.3 is 14.2 Å². The van der Waals surface area contributed by atoms with Crippen LogP contribution in [0.15, 0.2) is 81.9 Å². The predicted octanol–water partition coefficient (Wildman–Crippen LogP) is 6.97. The summed E-state index contributed by atoms with van der Waals surface area (Å²) >= 11 is 3.48. The van der Waals surface area contributed by atoms with Crippen LogP contribution in [0.25, 0.3) is 6.08 Å². The molecule has 2 heterocycles. The highest BCUT2D eigenvalue weighted by atomic mass is 79.9. The Kier molecular flexibility index (Phi) is 7.37. The molecule has 3 aromatic carbocycles. The first-order chi connectivity index (χ1) is 17.6. The van der Waals surface area contributed by atoms with E-state index in [4.69, 9.17) is 19.2 Å². The van der Waals surface area contributed by atoms with E-state index in [0.29, 0.717) is 29.6 Å².